The number of amides is 1. The van der Waals surface area contributed by atoms with E-state index in [1.807, 2.05) is 32.3 Å². The fraction of sp³-hybridized carbons (Fsp3) is 0.0800. The van der Waals surface area contributed by atoms with E-state index in [-0.39, 0.29) is 11.7 Å². The van der Waals surface area contributed by atoms with Crippen LogP contribution >= 0.6 is 0 Å². The van der Waals surface area contributed by atoms with E-state index in [1.165, 1.54) is 12.1 Å². The summed E-state index contributed by atoms with van der Waals surface area (Å²) in [5, 5.41) is 16.4. The predicted molar refractivity (Wildman–Crippen MR) is 124 cm³/mol. The number of aromatic hydroxyl groups is 1. The molecule has 0 saturated carbocycles. The lowest BCUT2D eigenvalue weighted by molar-refractivity contribution is 0.102. The molecule has 0 saturated heterocycles. The zero-order valence-corrected chi connectivity index (χ0v) is 17.6. The third-order valence-electron chi connectivity index (χ3n) is 4.91. The maximum absolute atomic E-state index is 12.6. The minimum absolute atomic E-state index is 0.136. The lowest BCUT2D eigenvalue weighted by Gasteiger charge is -2.07. The highest BCUT2D eigenvalue weighted by Gasteiger charge is 2.09. The summed E-state index contributed by atoms with van der Waals surface area (Å²) in [6.07, 6.45) is 5.34. The van der Waals surface area contributed by atoms with Crippen LogP contribution in [-0.2, 0) is 7.05 Å². The maximum atomic E-state index is 12.6. The number of benzene rings is 2. The van der Waals surface area contributed by atoms with Gasteiger partial charge in [-0.2, -0.15) is 5.10 Å². The van der Waals surface area contributed by atoms with Gasteiger partial charge in [-0.3, -0.25) is 9.48 Å². The van der Waals surface area contributed by atoms with Gasteiger partial charge in [0.05, 0.1) is 11.8 Å². The normalized spacial score (nSPS) is 10.3. The van der Waals surface area contributed by atoms with Crippen molar-refractivity contribution in [3.8, 4) is 28.7 Å². The molecule has 7 heteroatoms. The SMILES string of the molecule is Cc1ccc(C(=O)Nc2ccc(O)cc2)cc1C#Cc1cc(-c2cnn(C)c2)cnc1N. The summed E-state index contributed by atoms with van der Waals surface area (Å²) in [5.41, 5.74) is 11.1. The molecule has 0 aliphatic heterocycles. The highest BCUT2D eigenvalue weighted by atomic mass is 16.3. The van der Waals surface area contributed by atoms with Crippen LogP contribution < -0.4 is 11.1 Å². The standard InChI is InChI=1S/C25H21N5O2/c1-16-3-4-19(25(32)29-22-7-9-23(31)10-8-22)11-17(16)5-6-18-12-20(13-27-24(18)26)21-14-28-30(2)15-21/h3-4,7-15,31H,1-2H3,(H2,26,27)(H,29,32). The minimum Gasteiger partial charge on any atom is -0.508 e. The molecule has 2 aromatic carbocycles. The third kappa shape index (κ3) is 4.60. The van der Waals surface area contributed by atoms with Crippen molar-refractivity contribution < 1.29 is 9.90 Å². The van der Waals surface area contributed by atoms with Crippen LogP contribution in [0.5, 0.6) is 5.75 Å². The molecule has 0 radical (unpaired) electrons. The smallest absolute Gasteiger partial charge is 0.255 e. The molecule has 0 unspecified atom stereocenters. The van der Waals surface area contributed by atoms with E-state index in [1.54, 1.807) is 41.3 Å². The lowest BCUT2D eigenvalue weighted by Crippen LogP contribution is -2.12. The maximum Gasteiger partial charge on any atom is 0.255 e. The van der Waals surface area contributed by atoms with E-state index in [0.29, 0.717) is 22.6 Å². The number of anilines is 2. The Morgan fingerprint density at radius 2 is 1.78 bits per heavy atom. The molecule has 0 spiro atoms. The highest BCUT2D eigenvalue weighted by Crippen LogP contribution is 2.21. The second-order valence-corrected chi connectivity index (χ2v) is 7.34. The number of pyridine rings is 1. The third-order valence-corrected chi connectivity index (χ3v) is 4.91. The van der Waals surface area contributed by atoms with Crippen LogP contribution in [0.1, 0.15) is 27.0 Å². The number of aromatic nitrogens is 3. The number of nitrogen functional groups attached to an aromatic ring is 1. The zero-order valence-electron chi connectivity index (χ0n) is 17.6. The molecule has 2 heterocycles. The largest absolute Gasteiger partial charge is 0.508 e. The Morgan fingerprint density at radius 3 is 2.50 bits per heavy atom. The molecule has 1 amide bonds. The van der Waals surface area contributed by atoms with Gasteiger partial charge in [-0.05, 0) is 55.0 Å². The van der Waals surface area contributed by atoms with Crippen molar-refractivity contribution in [3.63, 3.8) is 0 Å². The molecule has 0 atom stereocenters. The number of nitrogens with two attached hydrogens (primary N) is 1. The van der Waals surface area contributed by atoms with E-state index >= 15 is 0 Å². The summed E-state index contributed by atoms with van der Waals surface area (Å²) in [5.74, 6) is 6.41. The van der Waals surface area contributed by atoms with Crippen LogP contribution in [0.2, 0.25) is 0 Å². The van der Waals surface area contributed by atoms with Crippen LogP contribution in [0.4, 0.5) is 11.5 Å². The Balaban J connectivity index is 1.60. The number of hydrogen-bond donors (Lipinski definition) is 3. The van der Waals surface area contributed by atoms with Gasteiger partial charge in [-0.15, -0.1) is 0 Å². The molecule has 0 fully saturated rings. The quantitative estimate of drug-likeness (QED) is 0.344. The molecule has 0 bridgehead atoms. The molecule has 4 rings (SSSR count). The van der Waals surface area contributed by atoms with Gasteiger partial charge in [-0.1, -0.05) is 17.9 Å². The summed E-state index contributed by atoms with van der Waals surface area (Å²) in [4.78, 5) is 16.9. The Hall–Kier alpha value is -4.57. The Morgan fingerprint density at radius 1 is 1.03 bits per heavy atom. The number of phenolic OH excluding ortho intramolecular Hbond substituents is 1. The molecular weight excluding hydrogens is 402 g/mol. The fourth-order valence-electron chi connectivity index (χ4n) is 3.08. The van der Waals surface area contributed by atoms with Gasteiger partial charge in [0.15, 0.2) is 0 Å². The van der Waals surface area contributed by atoms with Gasteiger partial charge in [0.25, 0.3) is 5.91 Å². The molecule has 4 aromatic rings. The average Bonchev–Trinajstić information content (AvgIpc) is 3.22. The molecule has 2 aromatic heterocycles. The van der Waals surface area contributed by atoms with Gasteiger partial charge >= 0.3 is 0 Å². The number of carbonyl (C=O) groups excluding carboxylic acids is 1. The average molecular weight is 423 g/mol. The number of nitrogens with one attached hydrogen (secondary N) is 1. The minimum atomic E-state index is -0.265. The molecule has 0 aliphatic rings. The van der Waals surface area contributed by atoms with Crippen LogP contribution in [0.15, 0.2) is 67.1 Å². The fourth-order valence-corrected chi connectivity index (χ4v) is 3.08. The lowest BCUT2D eigenvalue weighted by atomic mass is 10.0. The van der Waals surface area contributed by atoms with E-state index in [2.05, 4.69) is 27.2 Å². The first kappa shape index (κ1) is 20.7. The summed E-state index contributed by atoms with van der Waals surface area (Å²) in [6.45, 7) is 1.93. The zero-order chi connectivity index (χ0) is 22.7. The van der Waals surface area contributed by atoms with Crippen LogP contribution in [0, 0.1) is 18.8 Å². The summed E-state index contributed by atoms with van der Waals surface area (Å²) < 4.78 is 1.72. The van der Waals surface area contributed by atoms with Gasteiger partial charge in [0, 0.05) is 47.4 Å². The molecule has 7 nitrogen and oxygen atoms in total. The first-order valence-corrected chi connectivity index (χ1v) is 9.86. The Bertz CT molecular complexity index is 1360. The first-order chi connectivity index (χ1) is 15.4. The molecule has 32 heavy (non-hydrogen) atoms. The van der Waals surface area contributed by atoms with Gasteiger partial charge < -0.3 is 16.2 Å². The Labute approximate surface area is 185 Å². The van der Waals surface area contributed by atoms with Crippen molar-refractivity contribution in [2.24, 2.45) is 7.05 Å². The molecule has 0 aliphatic carbocycles. The van der Waals surface area contributed by atoms with E-state index < -0.39 is 0 Å². The second-order valence-electron chi connectivity index (χ2n) is 7.34. The molecule has 4 N–H and O–H groups in total. The molecule has 158 valence electrons. The van der Waals surface area contributed by atoms with Crippen molar-refractivity contribution in [2.75, 3.05) is 11.1 Å². The van der Waals surface area contributed by atoms with Crippen molar-refractivity contribution in [1.29, 1.82) is 0 Å². The second kappa shape index (κ2) is 8.66. The monoisotopic (exact) mass is 423 g/mol. The number of rotatable bonds is 3. The first-order valence-electron chi connectivity index (χ1n) is 9.86. The topological polar surface area (TPSA) is 106 Å². The number of carbonyl (C=O) groups is 1. The number of hydrogen-bond acceptors (Lipinski definition) is 5. The predicted octanol–water partition coefficient (Wildman–Crippen LogP) is 3.73. The van der Waals surface area contributed by atoms with Crippen molar-refractivity contribution in [2.45, 2.75) is 6.92 Å². The van der Waals surface area contributed by atoms with E-state index in [0.717, 1.165) is 22.3 Å². The van der Waals surface area contributed by atoms with Gasteiger partial charge in [0.2, 0.25) is 0 Å². The van der Waals surface area contributed by atoms with Crippen molar-refractivity contribution in [1.82, 2.24) is 14.8 Å². The summed E-state index contributed by atoms with van der Waals surface area (Å²) >= 11 is 0. The number of phenols is 1. The van der Waals surface area contributed by atoms with Crippen molar-refractivity contribution >= 4 is 17.4 Å². The van der Waals surface area contributed by atoms with Crippen LogP contribution in [-0.4, -0.2) is 25.8 Å². The van der Waals surface area contributed by atoms with E-state index in [4.69, 9.17) is 5.73 Å². The van der Waals surface area contributed by atoms with Gasteiger partial charge in [-0.25, -0.2) is 4.98 Å². The number of aryl methyl sites for hydroxylation is 2. The molecular formula is C25H21N5O2. The van der Waals surface area contributed by atoms with Crippen LogP contribution in [0.25, 0.3) is 11.1 Å². The summed E-state index contributed by atoms with van der Waals surface area (Å²) in [7, 11) is 1.85. The highest BCUT2D eigenvalue weighted by molar-refractivity contribution is 6.04. The Kier molecular flexibility index (Phi) is 5.60. The van der Waals surface area contributed by atoms with Gasteiger partial charge in [0.1, 0.15) is 11.6 Å². The summed E-state index contributed by atoms with van der Waals surface area (Å²) in [6, 6.07) is 13.5. The van der Waals surface area contributed by atoms with Crippen molar-refractivity contribution in [3.05, 3.63) is 89.4 Å². The number of nitrogens with zero attached hydrogens (tertiary/aromatic N) is 3. The van der Waals surface area contributed by atoms with E-state index in [9.17, 15) is 9.90 Å². The van der Waals surface area contributed by atoms with Crippen LogP contribution in [0.3, 0.4) is 0 Å².